The summed E-state index contributed by atoms with van der Waals surface area (Å²) in [5.41, 5.74) is 12.9. The van der Waals surface area contributed by atoms with Crippen molar-refractivity contribution in [3.05, 3.63) is 116 Å². The molecule has 18 heteroatoms. The van der Waals surface area contributed by atoms with Gasteiger partial charge in [-0.25, -0.2) is 0 Å². The van der Waals surface area contributed by atoms with Crippen molar-refractivity contribution < 1.29 is 87.9 Å². The zero-order chi connectivity index (χ0) is 79.2. The van der Waals surface area contributed by atoms with Gasteiger partial charge in [0.25, 0.3) is 0 Å². The third-order valence-electron chi connectivity index (χ3n) is 23.5. The SMILES string of the molecule is CC1=CC(=O)CCC1.CC1=CC2OC(=O)C[C@@H]2CC1.CC1=CC2OC(=O)C[C@@H]2CC1.CC1=CC2OC(=O)C[C@H]2CC1.CC1=CC2OC(=O)[C@@H](C)[C@@H]2CC1.CC1=C[C@H](O)[C@@H](CC(=O)O)CC1.CC1=C[C@H](O)[C@H](CC(=O)O)CC1.CCC1CCC(C)=CC1=O.CC[C@@H]1CCC(C)=C[C@@H]1O.CC[C@H]1CCC(C)=C[C@@H]1O. The fourth-order valence-electron chi connectivity index (χ4n) is 16.1. The van der Waals surface area contributed by atoms with E-state index in [0.29, 0.717) is 72.3 Å². The van der Waals surface area contributed by atoms with Gasteiger partial charge >= 0.3 is 35.8 Å². The van der Waals surface area contributed by atoms with Crippen LogP contribution in [0.2, 0.25) is 0 Å². The van der Waals surface area contributed by atoms with Crippen LogP contribution < -0.4 is 0 Å². The quantitative estimate of drug-likeness (QED) is 0.0784. The first-order valence-electron chi connectivity index (χ1n) is 40.4. The van der Waals surface area contributed by atoms with Crippen LogP contribution in [0.5, 0.6) is 0 Å². The fourth-order valence-corrected chi connectivity index (χ4v) is 16.1. The van der Waals surface area contributed by atoms with Crippen molar-refractivity contribution in [2.75, 3.05) is 0 Å². The molecule has 0 amide bonds. The van der Waals surface area contributed by atoms with Crippen molar-refractivity contribution in [2.45, 2.75) is 332 Å². The molecule has 0 saturated carbocycles. The molecule has 4 heterocycles. The molecule has 18 nitrogen and oxygen atoms in total. The Balaban J connectivity index is 0.000000214. The van der Waals surface area contributed by atoms with Crippen LogP contribution in [-0.4, -0.2) is 127 Å². The lowest BCUT2D eigenvalue weighted by atomic mass is 9.82. The van der Waals surface area contributed by atoms with Crippen molar-refractivity contribution in [3.63, 3.8) is 0 Å². The summed E-state index contributed by atoms with van der Waals surface area (Å²) in [6, 6.07) is 0. The van der Waals surface area contributed by atoms with E-state index in [1.165, 1.54) is 70.3 Å². The summed E-state index contributed by atoms with van der Waals surface area (Å²) >= 11 is 0. The van der Waals surface area contributed by atoms with Crippen molar-refractivity contribution >= 4 is 47.4 Å². The number of carboxylic acids is 2. The molecule has 10 aliphatic carbocycles. The molecule has 4 aliphatic heterocycles. The van der Waals surface area contributed by atoms with Gasteiger partial charge < -0.3 is 49.6 Å². The van der Waals surface area contributed by atoms with Crippen LogP contribution in [-0.2, 0) is 57.3 Å². The summed E-state index contributed by atoms with van der Waals surface area (Å²) in [6.07, 6.45) is 45.9. The number of aliphatic carboxylic acids is 2. The zero-order valence-corrected chi connectivity index (χ0v) is 67.3. The van der Waals surface area contributed by atoms with Gasteiger partial charge in [0.1, 0.15) is 24.4 Å². The Labute approximate surface area is 639 Å². The number of allylic oxidation sites excluding steroid dienone is 12. The minimum Gasteiger partial charge on any atom is -0.481 e. The predicted molar refractivity (Wildman–Crippen MR) is 418 cm³/mol. The molecule has 0 aromatic rings. The summed E-state index contributed by atoms with van der Waals surface area (Å²) in [6.45, 7) is 28.9. The highest BCUT2D eigenvalue weighted by molar-refractivity contribution is 5.93. The Hall–Kier alpha value is -6.60. The lowest BCUT2D eigenvalue weighted by Crippen LogP contribution is -2.24. The minimum absolute atomic E-state index is 0.0176. The number of carbonyl (C=O) groups is 8. The van der Waals surface area contributed by atoms with Crippen LogP contribution in [0.15, 0.2) is 116 Å². The molecule has 4 saturated heterocycles. The molecule has 18 atom stereocenters. The topological polar surface area (TPSA) is 295 Å². The normalized spacial score (nSPS) is 32.6. The second-order valence-electron chi connectivity index (χ2n) is 32.9. The average molecular weight is 1490 g/mol. The number of fused-ring (bicyclic) bond motifs is 4. The molecule has 6 N–H and O–H groups in total. The minimum atomic E-state index is -0.827. The van der Waals surface area contributed by atoms with E-state index in [0.717, 1.165) is 140 Å². The van der Waals surface area contributed by atoms with Gasteiger partial charge in [-0.2, -0.15) is 0 Å². The van der Waals surface area contributed by atoms with Crippen LogP contribution >= 0.6 is 0 Å². The summed E-state index contributed by atoms with van der Waals surface area (Å²) < 4.78 is 20.6. The monoisotopic (exact) mass is 1490 g/mol. The molecule has 5 unspecified atom stereocenters. The van der Waals surface area contributed by atoms with Gasteiger partial charge in [0.05, 0.1) is 62.4 Å². The number of carbonyl (C=O) groups excluding carboxylic acids is 6. The number of hydrogen-bond donors (Lipinski definition) is 6. The van der Waals surface area contributed by atoms with Crippen molar-refractivity contribution in [1.29, 1.82) is 0 Å². The van der Waals surface area contributed by atoms with Crippen molar-refractivity contribution in [1.82, 2.24) is 0 Å². The number of aliphatic hydroxyl groups excluding tert-OH is 4. The summed E-state index contributed by atoms with van der Waals surface area (Å²) in [7, 11) is 0. The first kappa shape index (κ1) is 91.0. The van der Waals surface area contributed by atoms with Gasteiger partial charge in [-0.05, 0) is 264 Å². The Bertz CT molecular complexity index is 3120. The van der Waals surface area contributed by atoms with Crippen LogP contribution in [0, 0.1) is 59.2 Å². The van der Waals surface area contributed by atoms with Gasteiger partial charge in [-0.3, -0.25) is 38.4 Å². The number of esters is 4. The zero-order valence-electron chi connectivity index (χ0n) is 67.3. The number of carboxylic acid groups (broad SMARTS) is 2. The number of ketones is 2. The van der Waals surface area contributed by atoms with Crippen LogP contribution in [0.4, 0.5) is 0 Å². The van der Waals surface area contributed by atoms with Gasteiger partial charge in [0, 0.05) is 36.0 Å². The summed E-state index contributed by atoms with van der Waals surface area (Å²) in [5.74, 6) is 2.07. The van der Waals surface area contributed by atoms with Crippen LogP contribution in [0.25, 0.3) is 0 Å². The molecule has 107 heavy (non-hydrogen) atoms. The number of aliphatic hydroxyl groups is 4. The number of ether oxygens (including phenoxy) is 4. The highest BCUT2D eigenvalue weighted by Crippen LogP contribution is 2.39. The lowest BCUT2D eigenvalue weighted by molar-refractivity contribution is -0.143. The molecule has 0 spiro atoms. The van der Waals surface area contributed by atoms with E-state index in [4.69, 9.17) is 29.2 Å². The van der Waals surface area contributed by atoms with E-state index in [1.54, 1.807) is 24.3 Å². The van der Waals surface area contributed by atoms with Crippen molar-refractivity contribution in [2.24, 2.45) is 59.2 Å². The van der Waals surface area contributed by atoms with Gasteiger partial charge in [-0.1, -0.05) is 121 Å². The first-order valence-corrected chi connectivity index (χ1v) is 40.4. The maximum absolute atomic E-state index is 11.2. The molecule has 4 fully saturated rings. The summed E-state index contributed by atoms with van der Waals surface area (Å²) in [4.78, 5) is 86.3. The van der Waals surface area contributed by atoms with Crippen molar-refractivity contribution in [3.8, 4) is 0 Å². The Morgan fingerprint density at radius 2 is 0.682 bits per heavy atom. The largest absolute Gasteiger partial charge is 0.481 e. The lowest BCUT2D eigenvalue weighted by Gasteiger charge is -2.24. The Morgan fingerprint density at radius 3 is 0.991 bits per heavy atom. The predicted octanol–water partition coefficient (Wildman–Crippen LogP) is 17.5. The molecule has 598 valence electrons. The maximum Gasteiger partial charge on any atom is 0.309 e. The smallest absolute Gasteiger partial charge is 0.309 e. The number of hydrogen-bond acceptors (Lipinski definition) is 16. The van der Waals surface area contributed by atoms with E-state index in [9.17, 15) is 58.8 Å². The van der Waals surface area contributed by atoms with E-state index in [-0.39, 0.29) is 91.1 Å². The molecule has 14 aliphatic rings. The average Bonchev–Trinajstić information content (AvgIpc) is 1.68. The van der Waals surface area contributed by atoms with E-state index in [2.05, 4.69) is 86.6 Å². The molecule has 0 radical (unpaired) electrons. The second kappa shape index (κ2) is 46.2. The van der Waals surface area contributed by atoms with Gasteiger partial charge in [-0.15, -0.1) is 0 Å². The summed E-state index contributed by atoms with van der Waals surface area (Å²) in [5, 5.41) is 54.9. The van der Waals surface area contributed by atoms with Gasteiger partial charge in [0.15, 0.2) is 11.6 Å². The van der Waals surface area contributed by atoms with Crippen LogP contribution in [0.1, 0.15) is 283 Å². The maximum atomic E-state index is 11.2. The van der Waals surface area contributed by atoms with E-state index < -0.39 is 24.1 Å². The first-order chi connectivity index (χ1) is 50.6. The molecular formula is C89H134O18. The Kier molecular flexibility index (Phi) is 39.3. The number of rotatable bonds is 7. The van der Waals surface area contributed by atoms with Gasteiger partial charge in [0.2, 0.25) is 0 Å². The standard InChI is InChI=1S/C10H14O2.2C9H14O3.3C9H12O2.2C9H16O.C9H14O.C7H10O/c1-6-3-4-8-7(2)10(11)12-9(8)5-6;2*1-6-2-3-7(5-9(11)12)8(10)4-6;3*1-6-2-3-7-5-9(10)11-8(7)4-6;3*1-3-8-5-4-7(2)6-9(8)10;1-6-3-2-4-7(8)5-6/h5,7-9H,3-4H2,1-2H3;2*4,7-8,10H,2-3,5H2,1H3,(H,11,12);3*4,7-8H,2-3,5H2,1H3;2*6,8-10H,3-5H2,1-2H3;6,8H,3-5H2,1-2H3;5H,2-4H2,1H3/t7-,8-,9?;7-,8+;7-,8-;3*7-,8?;8-,9+;8-,9-;;/m01010010../s1. The molecule has 0 aromatic heterocycles. The van der Waals surface area contributed by atoms with E-state index >= 15 is 0 Å². The molecule has 14 rings (SSSR count). The van der Waals surface area contributed by atoms with E-state index in [1.807, 2.05) is 46.8 Å². The Morgan fingerprint density at radius 1 is 0.364 bits per heavy atom. The second-order valence-corrected chi connectivity index (χ2v) is 32.9. The third-order valence-corrected chi connectivity index (χ3v) is 23.5. The molecule has 0 aromatic carbocycles. The molecule has 0 bridgehead atoms. The highest BCUT2D eigenvalue weighted by atomic mass is 16.6. The highest BCUT2D eigenvalue weighted by Gasteiger charge is 2.42. The molecular weight excluding hydrogens is 1360 g/mol. The fraction of sp³-hybridized carbons (Fsp3) is 0.685. The third kappa shape index (κ3) is 32.5. The van der Waals surface area contributed by atoms with Crippen LogP contribution in [0.3, 0.4) is 0 Å².